The molecule has 8 aromatic rings. The fraction of sp³-hybridized carbons (Fsp3) is 0.0400. The number of benzene rings is 8. The minimum atomic E-state index is 0.973. The van der Waals surface area contributed by atoms with Gasteiger partial charge in [0.25, 0.3) is 0 Å². The zero-order chi connectivity index (χ0) is 34.6. The highest BCUT2D eigenvalue weighted by molar-refractivity contribution is 6.19. The lowest BCUT2D eigenvalue weighted by Gasteiger charge is -2.30. The van der Waals surface area contributed by atoms with Crippen molar-refractivity contribution in [2.75, 3.05) is 9.80 Å². The van der Waals surface area contributed by atoms with Crippen LogP contribution in [0.1, 0.15) is 24.0 Å². The van der Waals surface area contributed by atoms with E-state index in [1.165, 1.54) is 71.9 Å². The standard InChI is InChI=1S/C50H36N2/c1-2-3-14-34-33-35-15-12-23-45-47(31-29-40(34)49(35)45)51(36-16-6-4-7-17-36)38-25-27-39(28-26-38)52(37-18-8-5-9-19-37)48-32-30-44-42-21-11-10-20-41(42)43-22-13-24-46(48)50(43)44/h2,4-13,15-33H,1,3,14H2. The molecule has 0 heterocycles. The first kappa shape index (κ1) is 30.2. The number of allylic oxidation sites excluding steroid dienone is 2. The molecule has 8 aromatic carbocycles. The van der Waals surface area contributed by atoms with Crippen LogP contribution in [0.25, 0.3) is 55.4 Å². The maximum absolute atomic E-state index is 3.97. The van der Waals surface area contributed by atoms with Gasteiger partial charge in [-0.25, -0.2) is 0 Å². The Hall–Kier alpha value is -6.64. The Morgan fingerprint density at radius 1 is 0.404 bits per heavy atom. The third kappa shape index (κ3) is 4.72. The first-order chi connectivity index (χ1) is 25.8. The zero-order valence-electron chi connectivity index (χ0n) is 28.8. The van der Waals surface area contributed by atoms with Crippen LogP contribution >= 0.6 is 0 Å². The van der Waals surface area contributed by atoms with Crippen LogP contribution in [0.5, 0.6) is 0 Å². The average Bonchev–Trinajstić information content (AvgIpc) is 3.74. The van der Waals surface area contributed by atoms with Crippen LogP contribution in [-0.2, 0) is 0 Å². The molecule has 246 valence electrons. The molecule has 0 bridgehead atoms. The van der Waals surface area contributed by atoms with Gasteiger partial charge in [0, 0.05) is 33.5 Å². The summed E-state index contributed by atoms with van der Waals surface area (Å²) in [6, 6.07) is 62.0. The summed E-state index contributed by atoms with van der Waals surface area (Å²) in [7, 11) is 0. The topological polar surface area (TPSA) is 6.48 Å². The van der Waals surface area contributed by atoms with Gasteiger partial charge in [-0.1, -0.05) is 121 Å². The molecule has 0 fully saturated rings. The van der Waals surface area contributed by atoms with E-state index in [2.05, 4.69) is 192 Å². The maximum atomic E-state index is 3.97. The molecule has 0 amide bonds. The van der Waals surface area contributed by atoms with Crippen LogP contribution in [0.3, 0.4) is 0 Å². The summed E-state index contributed by atoms with van der Waals surface area (Å²) in [5.74, 6) is 0. The van der Waals surface area contributed by atoms with E-state index in [0.29, 0.717) is 0 Å². The highest BCUT2D eigenvalue weighted by Crippen LogP contribution is 2.51. The molecule has 0 atom stereocenters. The molecule has 0 aliphatic heterocycles. The van der Waals surface area contributed by atoms with Gasteiger partial charge in [0.1, 0.15) is 0 Å². The normalized spacial score (nSPS) is 12.2. The van der Waals surface area contributed by atoms with Crippen molar-refractivity contribution in [2.45, 2.75) is 12.8 Å². The van der Waals surface area contributed by atoms with E-state index in [4.69, 9.17) is 0 Å². The Balaban J connectivity index is 1.11. The van der Waals surface area contributed by atoms with Crippen molar-refractivity contribution in [3.63, 3.8) is 0 Å². The molecular weight excluding hydrogens is 629 g/mol. The average molecular weight is 665 g/mol. The lowest BCUT2D eigenvalue weighted by molar-refractivity contribution is 1.08. The quantitative estimate of drug-likeness (QED) is 0.142. The van der Waals surface area contributed by atoms with E-state index in [1.54, 1.807) is 0 Å². The van der Waals surface area contributed by atoms with Crippen LogP contribution in [0.2, 0.25) is 0 Å². The molecule has 0 N–H and O–H groups in total. The molecule has 0 unspecified atom stereocenters. The molecule has 0 aromatic heterocycles. The van der Waals surface area contributed by atoms with E-state index in [9.17, 15) is 0 Å². The molecule has 0 radical (unpaired) electrons. The van der Waals surface area contributed by atoms with Gasteiger partial charge in [0.15, 0.2) is 0 Å². The first-order valence-corrected chi connectivity index (χ1v) is 18.1. The predicted octanol–water partition coefficient (Wildman–Crippen LogP) is 14.4. The molecule has 2 heteroatoms. The van der Waals surface area contributed by atoms with Crippen molar-refractivity contribution in [1.29, 1.82) is 0 Å². The zero-order valence-corrected chi connectivity index (χ0v) is 28.8. The highest BCUT2D eigenvalue weighted by atomic mass is 15.2. The maximum Gasteiger partial charge on any atom is 0.0540 e. The fourth-order valence-corrected chi connectivity index (χ4v) is 8.48. The number of fused-ring (bicyclic) bond motifs is 3. The number of anilines is 6. The summed E-state index contributed by atoms with van der Waals surface area (Å²) in [4.78, 5) is 4.80. The summed E-state index contributed by atoms with van der Waals surface area (Å²) in [6.07, 6.45) is 6.35. The van der Waals surface area contributed by atoms with Crippen LogP contribution in [0, 0.1) is 0 Å². The highest BCUT2D eigenvalue weighted by Gasteiger charge is 2.26. The number of hydrogen-bond donors (Lipinski definition) is 0. The van der Waals surface area contributed by atoms with Crippen molar-refractivity contribution >= 4 is 67.3 Å². The SMILES string of the molecule is C=CCCC1=Cc2cccc3c(N(c4ccccc4)c4ccc(N(c5ccccc5)c5ccc6c7c(cccc57)-c5ccccc5-6)cc4)ccc1c23. The summed E-state index contributed by atoms with van der Waals surface area (Å²) >= 11 is 0. The van der Waals surface area contributed by atoms with E-state index in [0.717, 1.165) is 35.6 Å². The minimum Gasteiger partial charge on any atom is -0.310 e. The molecule has 0 saturated heterocycles. The van der Waals surface area contributed by atoms with E-state index >= 15 is 0 Å². The van der Waals surface area contributed by atoms with Crippen molar-refractivity contribution < 1.29 is 0 Å². The smallest absolute Gasteiger partial charge is 0.0540 e. The lowest BCUT2D eigenvalue weighted by Crippen LogP contribution is -2.13. The Bertz CT molecular complexity index is 2660. The molecule has 0 saturated carbocycles. The van der Waals surface area contributed by atoms with Crippen molar-refractivity contribution in [2.24, 2.45) is 0 Å². The van der Waals surface area contributed by atoms with Crippen molar-refractivity contribution in [3.05, 3.63) is 194 Å². The third-order valence-corrected chi connectivity index (χ3v) is 10.7. The second kappa shape index (κ2) is 12.3. The predicted molar refractivity (Wildman–Crippen MR) is 223 cm³/mol. The molecule has 2 aliphatic rings. The monoisotopic (exact) mass is 664 g/mol. The number of hydrogen-bond acceptors (Lipinski definition) is 2. The van der Waals surface area contributed by atoms with Crippen LogP contribution in [0.15, 0.2) is 183 Å². The van der Waals surface area contributed by atoms with E-state index < -0.39 is 0 Å². The van der Waals surface area contributed by atoms with Gasteiger partial charge >= 0.3 is 0 Å². The second-order valence-electron chi connectivity index (χ2n) is 13.7. The van der Waals surface area contributed by atoms with Gasteiger partial charge in [-0.15, -0.1) is 6.58 Å². The Morgan fingerprint density at radius 2 is 0.885 bits per heavy atom. The van der Waals surface area contributed by atoms with Gasteiger partial charge in [-0.3, -0.25) is 0 Å². The molecule has 52 heavy (non-hydrogen) atoms. The summed E-state index contributed by atoms with van der Waals surface area (Å²) < 4.78 is 0. The first-order valence-electron chi connectivity index (χ1n) is 18.1. The second-order valence-corrected chi connectivity index (χ2v) is 13.7. The van der Waals surface area contributed by atoms with Crippen molar-refractivity contribution in [1.82, 2.24) is 0 Å². The Morgan fingerprint density at radius 3 is 1.48 bits per heavy atom. The Kier molecular flexibility index (Phi) is 7.14. The largest absolute Gasteiger partial charge is 0.310 e. The van der Waals surface area contributed by atoms with Crippen LogP contribution in [0.4, 0.5) is 34.1 Å². The van der Waals surface area contributed by atoms with Gasteiger partial charge in [0.05, 0.1) is 11.4 Å². The number of para-hydroxylation sites is 2. The van der Waals surface area contributed by atoms with E-state index in [1.807, 2.05) is 6.08 Å². The number of rotatable bonds is 9. The molecular formula is C50H36N2. The van der Waals surface area contributed by atoms with Gasteiger partial charge < -0.3 is 9.80 Å². The molecule has 2 nitrogen and oxygen atoms in total. The third-order valence-electron chi connectivity index (χ3n) is 10.7. The van der Waals surface area contributed by atoms with Crippen molar-refractivity contribution in [3.8, 4) is 22.3 Å². The van der Waals surface area contributed by atoms with Crippen LogP contribution < -0.4 is 9.80 Å². The van der Waals surface area contributed by atoms with Crippen LogP contribution in [-0.4, -0.2) is 0 Å². The Labute approximate surface area is 304 Å². The molecule has 0 spiro atoms. The lowest BCUT2D eigenvalue weighted by atomic mass is 9.97. The summed E-state index contributed by atoms with van der Waals surface area (Å²) in [5.41, 5.74) is 16.1. The fourth-order valence-electron chi connectivity index (χ4n) is 8.48. The van der Waals surface area contributed by atoms with Gasteiger partial charge in [-0.05, 0) is 123 Å². The summed E-state index contributed by atoms with van der Waals surface area (Å²) in [6.45, 7) is 3.97. The minimum absolute atomic E-state index is 0.973. The van der Waals surface area contributed by atoms with E-state index in [-0.39, 0.29) is 0 Å². The molecule has 10 rings (SSSR count). The molecule has 2 aliphatic carbocycles. The van der Waals surface area contributed by atoms with Gasteiger partial charge in [-0.2, -0.15) is 0 Å². The van der Waals surface area contributed by atoms with Gasteiger partial charge in [0.2, 0.25) is 0 Å². The number of nitrogens with zero attached hydrogens (tertiary/aromatic N) is 2. The summed E-state index contributed by atoms with van der Waals surface area (Å²) in [5, 5.41) is 5.16.